The summed E-state index contributed by atoms with van der Waals surface area (Å²) in [6, 6.07) is 6.72. The summed E-state index contributed by atoms with van der Waals surface area (Å²) in [7, 11) is 0. The van der Waals surface area contributed by atoms with Gasteiger partial charge in [0.25, 0.3) is 11.8 Å². The van der Waals surface area contributed by atoms with Crippen molar-refractivity contribution in [3.8, 4) is 0 Å². The zero-order valence-electron chi connectivity index (χ0n) is 13.2. The lowest BCUT2D eigenvalue weighted by molar-refractivity contribution is 0.0857. The summed E-state index contributed by atoms with van der Waals surface area (Å²) in [6.45, 7) is 3.08. The predicted octanol–water partition coefficient (Wildman–Crippen LogP) is 2.01. The minimum absolute atomic E-state index is 0.114. The SMILES string of the molecule is Cc1nnc(C(=O)Nc2ccc(C(=O)NCC3CCCO3)cc2)s1. The first-order valence-corrected chi connectivity index (χ1v) is 8.55. The number of benzene rings is 1. The Morgan fingerprint density at radius 3 is 2.67 bits per heavy atom. The second-order valence-corrected chi connectivity index (χ2v) is 6.68. The molecule has 2 amide bonds. The fraction of sp³-hybridized carbons (Fsp3) is 0.375. The van der Waals surface area contributed by atoms with Crippen molar-refractivity contribution >= 4 is 28.8 Å². The molecule has 0 bridgehead atoms. The molecule has 1 aromatic carbocycles. The van der Waals surface area contributed by atoms with Crippen molar-refractivity contribution in [2.24, 2.45) is 0 Å². The van der Waals surface area contributed by atoms with Crippen LogP contribution >= 0.6 is 11.3 Å². The van der Waals surface area contributed by atoms with Crippen molar-refractivity contribution in [3.05, 3.63) is 39.8 Å². The van der Waals surface area contributed by atoms with Gasteiger partial charge in [-0.1, -0.05) is 11.3 Å². The van der Waals surface area contributed by atoms with Gasteiger partial charge in [-0.05, 0) is 44.0 Å². The molecule has 8 heteroatoms. The molecule has 1 atom stereocenters. The number of anilines is 1. The molecular formula is C16H18N4O3S. The Labute approximate surface area is 143 Å². The number of rotatable bonds is 5. The van der Waals surface area contributed by atoms with Crippen molar-refractivity contribution in [1.82, 2.24) is 15.5 Å². The van der Waals surface area contributed by atoms with Gasteiger partial charge in [0.1, 0.15) is 5.01 Å². The maximum atomic E-state index is 12.1. The molecule has 1 fully saturated rings. The van der Waals surface area contributed by atoms with Gasteiger partial charge in [-0.3, -0.25) is 9.59 Å². The van der Waals surface area contributed by atoms with Crippen molar-refractivity contribution in [1.29, 1.82) is 0 Å². The largest absolute Gasteiger partial charge is 0.376 e. The van der Waals surface area contributed by atoms with E-state index in [0.717, 1.165) is 24.5 Å². The summed E-state index contributed by atoms with van der Waals surface area (Å²) in [5.41, 5.74) is 1.14. The number of carbonyl (C=O) groups excluding carboxylic acids is 2. The molecule has 1 saturated heterocycles. The van der Waals surface area contributed by atoms with E-state index in [4.69, 9.17) is 4.74 Å². The van der Waals surface area contributed by atoms with Crippen molar-refractivity contribution < 1.29 is 14.3 Å². The molecule has 1 aliphatic heterocycles. The van der Waals surface area contributed by atoms with Crippen LogP contribution in [0.3, 0.4) is 0 Å². The van der Waals surface area contributed by atoms with Gasteiger partial charge in [0.2, 0.25) is 5.01 Å². The highest BCUT2D eigenvalue weighted by molar-refractivity contribution is 7.13. The zero-order valence-corrected chi connectivity index (χ0v) is 14.1. The van der Waals surface area contributed by atoms with Crippen LogP contribution in [0.5, 0.6) is 0 Å². The lowest BCUT2D eigenvalue weighted by Gasteiger charge is -2.11. The number of amides is 2. The Balaban J connectivity index is 1.54. The van der Waals surface area contributed by atoms with Gasteiger partial charge in [0, 0.05) is 24.4 Å². The van der Waals surface area contributed by atoms with Gasteiger partial charge in [0.05, 0.1) is 6.10 Å². The van der Waals surface area contributed by atoms with E-state index in [9.17, 15) is 9.59 Å². The summed E-state index contributed by atoms with van der Waals surface area (Å²) in [5.74, 6) is -0.459. The van der Waals surface area contributed by atoms with E-state index in [-0.39, 0.29) is 17.9 Å². The molecule has 0 saturated carbocycles. The average molecular weight is 346 g/mol. The molecule has 1 unspecified atom stereocenters. The summed E-state index contributed by atoms with van der Waals surface area (Å²) in [5, 5.41) is 14.3. The molecule has 2 aromatic rings. The quantitative estimate of drug-likeness (QED) is 0.864. The number of nitrogens with zero attached hydrogens (tertiary/aromatic N) is 2. The molecule has 3 rings (SSSR count). The minimum Gasteiger partial charge on any atom is -0.376 e. The molecule has 2 heterocycles. The van der Waals surface area contributed by atoms with Crippen LogP contribution in [0.2, 0.25) is 0 Å². The van der Waals surface area contributed by atoms with Gasteiger partial charge < -0.3 is 15.4 Å². The molecule has 24 heavy (non-hydrogen) atoms. The van der Waals surface area contributed by atoms with E-state index in [1.165, 1.54) is 11.3 Å². The number of hydrogen-bond donors (Lipinski definition) is 2. The first-order chi connectivity index (χ1) is 11.6. The van der Waals surface area contributed by atoms with E-state index < -0.39 is 0 Å². The maximum absolute atomic E-state index is 12.1. The minimum atomic E-state index is -0.309. The molecule has 0 spiro atoms. The molecule has 126 valence electrons. The second-order valence-electron chi connectivity index (χ2n) is 5.50. The Bertz CT molecular complexity index is 723. The highest BCUT2D eigenvalue weighted by atomic mass is 32.1. The summed E-state index contributed by atoms with van der Waals surface area (Å²) >= 11 is 1.23. The van der Waals surface area contributed by atoms with E-state index >= 15 is 0 Å². The van der Waals surface area contributed by atoms with E-state index in [1.54, 1.807) is 31.2 Å². The maximum Gasteiger partial charge on any atom is 0.286 e. The van der Waals surface area contributed by atoms with Crippen LogP contribution in [0.15, 0.2) is 24.3 Å². The third-order valence-electron chi connectivity index (χ3n) is 3.64. The van der Waals surface area contributed by atoms with Crippen LogP contribution in [0.25, 0.3) is 0 Å². The molecule has 2 N–H and O–H groups in total. The highest BCUT2D eigenvalue weighted by Gasteiger charge is 2.17. The predicted molar refractivity (Wildman–Crippen MR) is 90.3 cm³/mol. The van der Waals surface area contributed by atoms with Crippen molar-refractivity contribution in [2.45, 2.75) is 25.9 Å². The zero-order chi connectivity index (χ0) is 16.9. The molecule has 1 aliphatic rings. The van der Waals surface area contributed by atoms with Crippen molar-refractivity contribution in [2.75, 3.05) is 18.5 Å². The van der Waals surface area contributed by atoms with E-state index in [1.807, 2.05) is 0 Å². The van der Waals surface area contributed by atoms with Crippen LogP contribution in [-0.2, 0) is 4.74 Å². The summed E-state index contributed by atoms with van der Waals surface area (Å²) in [6.07, 6.45) is 2.14. The molecule has 0 radical (unpaired) electrons. The second kappa shape index (κ2) is 7.50. The smallest absolute Gasteiger partial charge is 0.286 e. The lowest BCUT2D eigenvalue weighted by atomic mass is 10.2. The van der Waals surface area contributed by atoms with Gasteiger partial charge in [-0.2, -0.15) is 0 Å². The van der Waals surface area contributed by atoms with E-state index in [2.05, 4.69) is 20.8 Å². The highest BCUT2D eigenvalue weighted by Crippen LogP contribution is 2.14. The Morgan fingerprint density at radius 2 is 2.04 bits per heavy atom. The third kappa shape index (κ3) is 4.15. The normalized spacial score (nSPS) is 16.8. The van der Waals surface area contributed by atoms with Gasteiger partial charge in [-0.15, -0.1) is 10.2 Å². The summed E-state index contributed by atoms with van der Waals surface area (Å²) < 4.78 is 5.47. The van der Waals surface area contributed by atoms with E-state index in [0.29, 0.717) is 22.8 Å². The Hall–Kier alpha value is -2.32. The van der Waals surface area contributed by atoms with Gasteiger partial charge in [-0.25, -0.2) is 0 Å². The number of nitrogens with one attached hydrogen (secondary N) is 2. The molecule has 1 aromatic heterocycles. The molecule has 7 nitrogen and oxygen atoms in total. The fourth-order valence-corrected chi connectivity index (χ4v) is 2.98. The molecule has 0 aliphatic carbocycles. The standard InChI is InChI=1S/C16H18N4O3S/c1-10-19-20-16(24-10)15(22)18-12-6-4-11(5-7-12)14(21)17-9-13-3-2-8-23-13/h4-7,13H,2-3,8-9H2,1H3,(H,17,21)(H,18,22). The lowest BCUT2D eigenvalue weighted by Crippen LogP contribution is -2.31. The average Bonchev–Trinajstić information content (AvgIpc) is 3.25. The molecular weight excluding hydrogens is 328 g/mol. The monoisotopic (exact) mass is 346 g/mol. The number of hydrogen-bond acceptors (Lipinski definition) is 6. The van der Waals surface area contributed by atoms with Crippen LogP contribution in [0.4, 0.5) is 5.69 Å². The number of ether oxygens (including phenoxy) is 1. The van der Waals surface area contributed by atoms with Crippen LogP contribution in [-0.4, -0.2) is 41.3 Å². The number of carbonyl (C=O) groups is 2. The van der Waals surface area contributed by atoms with Crippen LogP contribution < -0.4 is 10.6 Å². The first kappa shape index (κ1) is 16.5. The van der Waals surface area contributed by atoms with Gasteiger partial charge in [0.15, 0.2) is 0 Å². The fourth-order valence-electron chi connectivity index (χ4n) is 2.39. The van der Waals surface area contributed by atoms with Crippen LogP contribution in [0.1, 0.15) is 38.0 Å². The van der Waals surface area contributed by atoms with Crippen LogP contribution in [0, 0.1) is 6.92 Å². The number of aromatic nitrogens is 2. The Morgan fingerprint density at radius 1 is 1.25 bits per heavy atom. The third-order valence-corrected chi connectivity index (χ3v) is 4.48. The first-order valence-electron chi connectivity index (χ1n) is 7.73. The topological polar surface area (TPSA) is 93.2 Å². The Kier molecular flexibility index (Phi) is 5.17. The number of aryl methyl sites for hydroxylation is 1. The van der Waals surface area contributed by atoms with Crippen molar-refractivity contribution in [3.63, 3.8) is 0 Å². The van der Waals surface area contributed by atoms with Gasteiger partial charge >= 0.3 is 0 Å². The summed E-state index contributed by atoms with van der Waals surface area (Å²) in [4.78, 5) is 24.1.